The third kappa shape index (κ3) is 2.60. The Morgan fingerprint density at radius 1 is 1.19 bits per heavy atom. The average molecular weight is 372 g/mol. The third-order valence-electron chi connectivity index (χ3n) is 5.23. The van der Waals surface area contributed by atoms with Gasteiger partial charge in [-0.1, -0.05) is 0 Å². The molecule has 7 nitrogen and oxygen atoms in total. The number of fused-ring (bicyclic) bond motifs is 4. The Labute approximate surface area is 152 Å². The van der Waals surface area contributed by atoms with Gasteiger partial charge >= 0.3 is 0 Å². The summed E-state index contributed by atoms with van der Waals surface area (Å²) in [7, 11) is -0.531. The molecule has 2 aromatic rings. The molecule has 2 atom stereocenters. The van der Waals surface area contributed by atoms with Crippen LogP contribution in [0, 0.1) is 0 Å². The van der Waals surface area contributed by atoms with Gasteiger partial charge in [-0.25, -0.2) is 22.7 Å². The molecular weight excluding hydrogens is 352 g/mol. The quantitative estimate of drug-likeness (QED) is 0.818. The van der Waals surface area contributed by atoms with E-state index in [2.05, 4.69) is 9.97 Å². The van der Waals surface area contributed by atoms with Crippen LogP contribution < -0.4 is 0 Å². The molecule has 1 aromatic carbocycles. The molecule has 0 spiro atoms. The van der Waals surface area contributed by atoms with Gasteiger partial charge in [-0.2, -0.15) is 0 Å². The summed E-state index contributed by atoms with van der Waals surface area (Å²) < 4.78 is 25.5. The Morgan fingerprint density at radius 2 is 1.92 bits per heavy atom. The molecule has 0 saturated carbocycles. The van der Waals surface area contributed by atoms with Gasteiger partial charge in [0.15, 0.2) is 0 Å². The van der Waals surface area contributed by atoms with Gasteiger partial charge in [-0.3, -0.25) is 4.79 Å². The van der Waals surface area contributed by atoms with Crippen molar-refractivity contribution in [1.82, 2.24) is 19.2 Å². The zero-order valence-electron chi connectivity index (χ0n) is 14.7. The van der Waals surface area contributed by atoms with Crippen LogP contribution in [0.25, 0.3) is 0 Å². The fourth-order valence-corrected chi connectivity index (χ4v) is 4.76. The molecule has 2 aliphatic heterocycles. The minimum Gasteiger partial charge on any atom is -0.328 e. The van der Waals surface area contributed by atoms with Gasteiger partial charge < -0.3 is 4.90 Å². The first-order valence-corrected chi connectivity index (χ1v) is 9.97. The van der Waals surface area contributed by atoms with E-state index in [-0.39, 0.29) is 22.9 Å². The number of amides is 1. The Kier molecular flexibility index (Phi) is 4.04. The molecule has 0 aliphatic carbocycles. The maximum Gasteiger partial charge on any atom is 0.254 e. The van der Waals surface area contributed by atoms with Crippen LogP contribution in [-0.2, 0) is 16.4 Å². The van der Waals surface area contributed by atoms with Gasteiger partial charge in [-0.05, 0) is 37.1 Å². The maximum absolute atomic E-state index is 13.1. The predicted octanol–water partition coefficient (Wildman–Crippen LogP) is 1.63. The molecule has 0 radical (unpaired) electrons. The first kappa shape index (κ1) is 17.1. The minimum absolute atomic E-state index is 0.00244. The summed E-state index contributed by atoms with van der Waals surface area (Å²) in [5.41, 5.74) is 2.56. The van der Waals surface area contributed by atoms with Crippen LogP contribution in [0.15, 0.2) is 41.7 Å². The number of hydrogen-bond donors (Lipinski definition) is 0. The number of rotatable bonds is 3. The Hall–Kier alpha value is -2.32. The highest BCUT2D eigenvalue weighted by Gasteiger charge is 2.43. The van der Waals surface area contributed by atoms with E-state index >= 15 is 0 Å². The summed E-state index contributed by atoms with van der Waals surface area (Å²) in [6.45, 7) is 0. The predicted molar refractivity (Wildman–Crippen MR) is 95.0 cm³/mol. The summed E-state index contributed by atoms with van der Waals surface area (Å²) >= 11 is 0. The van der Waals surface area contributed by atoms with Gasteiger partial charge in [0.1, 0.15) is 6.33 Å². The largest absolute Gasteiger partial charge is 0.328 e. The lowest BCUT2D eigenvalue weighted by Gasteiger charge is -2.35. The smallest absolute Gasteiger partial charge is 0.254 e. The van der Waals surface area contributed by atoms with Gasteiger partial charge in [0.05, 0.1) is 16.6 Å². The second kappa shape index (κ2) is 6.14. The lowest BCUT2D eigenvalue weighted by atomic mass is 9.98. The summed E-state index contributed by atoms with van der Waals surface area (Å²) in [6, 6.07) is 6.31. The van der Waals surface area contributed by atoms with Crippen molar-refractivity contribution < 1.29 is 13.2 Å². The van der Waals surface area contributed by atoms with E-state index in [0.717, 1.165) is 34.8 Å². The van der Waals surface area contributed by atoms with Gasteiger partial charge in [0.25, 0.3) is 5.91 Å². The summed E-state index contributed by atoms with van der Waals surface area (Å²) in [4.78, 5) is 23.7. The maximum atomic E-state index is 13.1. The molecule has 1 saturated heterocycles. The highest BCUT2D eigenvalue weighted by Crippen LogP contribution is 2.43. The Balaban J connectivity index is 1.63. The summed E-state index contributed by atoms with van der Waals surface area (Å²) in [5.74, 6) is -0.0687. The number of aromatic nitrogens is 2. The standard InChI is InChI=1S/C18H20N4O3S/c1-21(2)26(24,25)14-6-3-12(4-7-14)18(23)22-13-5-8-17(22)15-10-19-11-20-16(15)9-13/h3-4,6-7,10-11,13,17H,5,8-9H2,1-2H3. The number of hydrogen-bond acceptors (Lipinski definition) is 5. The van der Waals surface area contributed by atoms with Crippen molar-refractivity contribution in [2.75, 3.05) is 14.1 Å². The van der Waals surface area contributed by atoms with Gasteiger partial charge in [0, 0.05) is 43.9 Å². The van der Waals surface area contributed by atoms with Crippen molar-refractivity contribution >= 4 is 15.9 Å². The number of carbonyl (C=O) groups excluding carboxylic acids is 1. The molecule has 26 heavy (non-hydrogen) atoms. The second-order valence-corrected chi connectivity index (χ2v) is 9.05. The SMILES string of the molecule is CN(C)S(=O)(=O)c1ccc(C(=O)N2C3CCC2c2cncnc2C3)cc1. The van der Waals surface area contributed by atoms with Crippen LogP contribution in [0.3, 0.4) is 0 Å². The van der Waals surface area contributed by atoms with Crippen molar-refractivity contribution in [2.45, 2.75) is 36.2 Å². The monoisotopic (exact) mass is 372 g/mol. The molecule has 2 bridgehead atoms. The molecule has 1 fully saturated rings. The molecule has 3 heterocycles. The van der Waals surface area contributed by atoms with Crippen LogP contribution in [0.5, 0.6) is 0 Å². The van der Waals surface area contributed by atoms with Crippen molar-refractivity contribution in [1.29, 1.82) is 0 Å². The highest BCUT2D eigenvalue weighted by atomic mass is 32.2. The minimum atomic E-state index is -3.50. The zero-order chi connectivity index (χ0) is 18.5. The molecule has 4 rings (SSSR count). The van der Waals surface area contributed by atoms with Crippen molar-refractivity contribution in [3.05, 3.63) is 53.6 Å². The van der Waals surface area contributed by atoms with E-state index in [4.69, 9.17) is 0 Å². The summed E-state index contributed by atoms with van der Waals surface area (Å²) in [5, 5.41) is 0. The summed E-state index contributed by atoms with van der Waals surface area (Å²) in [6.07, 6.45) is 5.96. The fourth-order valence-electron chi connectivity index (χ4n) is 3.86. The van der Waals surface area contributed by atoms with Crippen LogP contribution >= 0.6 is 0 Å². The average Bonchev–Trinajstić information content (AvgIpc) is 2.95. The highest BCUT2D eigenvalue weighted by molar-refractivity contribution is 7.89. The van der Waals surface area contributed by atoms with E-state index in [1.165, 1.54) is 26.2 Å². The van der Waals surface area contributed by atoms with Crippen LogP contribution in [0.4, 0.5) is 0 Å². The number of sulfonamides is 1. The molecule has 1 aromatic heterocycles. The third-order valence-corrected chi connectivity index (χ3v) is 7.06. The lowest BCUT2D eigenvalue weighted by Crippen LogP contribution is -2.42. The second-order valence-electron chi connectivity index (χ2n) is 6.90. The van der Waals surface area contributed by atoms with Crippen LogP contribution in [0.1, 0.15) is 40.5 Å². The van der Waals surface area contributed by atoms with E-state index in [0.29, 0.717) is 5.56 Å². The van der Waals surface area contributed by atoms with Gasteiger partial charge in [-0.15, -0.1) is 0 Å². The Morgan fingerprint density at radius 3 is 2.62 bits per heavy atom. The van der Waals surface area contributed by atoms with Crippen molar-refractivity contribution in [2.24, 2.45) is 0 Å². The van der Waals surface area contributed by atoms with Crippen molar-refractivity contribution in [3.8, 4) is 0 Å². The molecule has 2 aliphatic rings. The van der Waals surface area contributed by atoms with Crippen LogP contribution in [-0.4, -0.2) is 53.6 Å². The fraction of sp³-hybridized carbons (Fsp3) is 0.389. The topological polar surface area (TPSA) is 83.5 Å². The number of benzene rings is 1. The molecule has 136 valence electrons. The van der Waals surface area contributed by atoms with Gasteiger partial charge in [0.2, 0.25) is 10.0 Å². The molecule has 0 N–H and O–H groups in total. The van der Waals surface area contributed by atoms with E-state index in [1.807, 2.05) is 11.1 Å². The molecule has 8 heteroatoms. The Bertz CT molecular complexity index is 957. The first-order valence-electron chi connectivity index (χ1n) is 8.53. The van der Waals surface area contributed by atoms with Crippen molar-refractivity contribution in [3.63, 3.8) is 0 Å². The number of carbonyl (C=O) groups is 1. The lowest BCUT2D eigenvalue weighted by molar-refractivity contribution is 0.0643. The van der Waals surface area contributed by atoms with E-state index < -0.39 is 10.0 Å². The molecule has 2 unspecified atom stereocenters. The number of nitrogens with zero attached hydrogens (tertiary/aromatic N) is 4. The first-order chi connectivity index (χ1) is 12.4. The molecule has 1 amide bonds. The van der Waals surface area contributed by atoms with Crippen LogP contribution in [0.2, 0.25) is 0 Å². The zero-order valence-corrected chi connectivity index (χ0v) is 15.5. The molecular formula is C18H20N4O3S. The normalized spacial score (nSPS) is 21.7. The van der Waals surface area contributed by atoms with E-state index in [1.54, 1.807) is 18.5 Å². The van der Waals surface area contributed by atoms with E-state index in [9.17, 15) is 13.2 Å².